The van der Waals surface area contributed by atoms with Crippen LogP contribution in [0.25, 0.3) is 10.8 Å². The lowest BCUT2D eigenvalue weighted by molar-refractivity contribution is 0.129. The van der Waals surface area contributed by atoms with Crippen molar-refractivity contribution in [2.75, 3.05) is 0 Å². The normalized spacial score (nSPS) is 37.7. The molecular weight excluding hydrogens is 256 g/mol. The van der Waals surface area contributed by atoms with Gasteiger partial charge >= 0.3 is 0 Å². The molecular formula is C20H22O. The SMILES string of the molecule is OC(Cc1ccc2ccccc2c1)C1C2C3CCC(C3)C12. The number of hydrogen-bond acceptors (Lipinski definition) is 1. The lowest BCUT2D eigenvalue weighted by Gasteiger charge is -2.15. The van der Waals surface area contributed by atoms with Crippen molar-refractivity contribution in [2.24, 2.45) is 29.6 Å². The van der Waals surface area contributed by atoms with Gasteiger partial charge in [0.05, 0.1) is 6.10 Å². The highest BCUT2D eigenvalue weighted by atomic mass is 16.3. The molecule has 2 aromatic rings. The molecule has 2 bridgehead atoms. The van der Waals surface area contributed by atoms with Crippen LogP contribution in [-0.4, -0.2) is 11.2 Å². The molecule has 1 heteroatoms. The third kappa shape index (κ3) is 1.80. The second-order valence-electron chi connectivity index (χ2n) is 7.52. The van der Waals surface area contributed by atoms with Gasteiger partial charge in [0.25, 0.3) is 0 Å². The molecule has 0 radical (unpaired) electrons. The zero-order chi connectivity index (χ0) is 14.0. The molecule has 0 saturated heterocycles. The Balaban J connectivity index is 1.35. The summed E-state index contributed by atoms with van der Waals surface area (Å²) < 4.78 is 0. The second kappa shape index (κ2) is 4.33. The Morgan fingerprint density at radius 1 is 0.952 bits per heavy atom. The van der Waals surface area contributed by atoms with Crippen molar-refractivity contribution in [1.82, 2.24) is 0 Å². The monoisotopic (exact) mass is 278 g/mol. The van der Waals surface area contributed by atoms with Gasteiger partial charge in [0.1, 0.15) is 0 Å². The van der Waals surface area contributed by atoms with Crippen molar-refractivity contribution >= 4 is 10.8 Å². The lowest BCUT2D eigenvalue weighted by atomic mass is 9.94. The first-order valence-electron chi connectivity index (χ1n) is 8.47. The minimum absolute atomic E-state index is 0.121. The van der Waals surface area contributed by atoms with Crippen LogP contribution in [0.5, 0.6) is 0 Å². The van der Waals surface area contributed by atoms with E-state index in [1.165, 1.54) is 35.6 Å². The topological polar surface area (TPSA) is 20.2 Å². The fourth-order valence-corrected chi connectivity index (χ4v) is 5.65. The molecule has 0 aliphatic heterocycles. The molecule has 108 valence electrons. The summed E-state index contributed by atoms with van der Waals surface area (Å²) in [7, 11) is 0. The minimum atomic E-state index is -0.121. The first kappa shape index (κ1) is 12.2. The number of aliphatic hydroxyl groups excluding tert-OH is 1. The lowest BCUT2D eigenvalue weighted by Crippen LogP contribution is -2.18. The number of rotatable bonds is 3. The standard InChI is InChI=1S/C20H22O/c21-17(20-18-15-7-8-16(11-15)19(18)20)10-12-5-6-13-3-1-2-4-14(13)9-12/h1-6,9,15-21H,7-8,10-11H2. The van der Waals surface area contributed by atoms with Gasteiger partial charge in [0.15, 0.2) is 0 Å². The van der Waals surface area contributed by atoms with Gasteiger partial charge in [-0.05, 0) is 71.6 Å². The first-order valence-corrected chi connectivity index (χ1v) is 8.47. The molecule has 3 fully saturated rings. The third-order valence-electron chi connectivity index (χ3n) is 6.50. The number of fused-ring (bicyclic) bond motifs is 6. The fourth-order valence-electron chi connectivity index (χ4n) is 5.65. The second-order valence-corrected chi connectivity index (χ2v) is 7.52. The molecule has 2 aromatic carbocycles. The van der Waals surface area contributed by atoms with Crippen LogP contribution in [0.3, 0.4) is 0 Å². The van der Waals surface area contributed by atoms with Gasteiger partial charge < -0.3 is 5.11 Å². The van der Waals surface area contributed by atoms with Crippen molar-refractivity contribution in [3.05, 3.63) is 48.0 Å². The number of hydrogen-bond donors (Lipinski definition) is 1. The Morgan fingerprint density at radius 3 is 2.43 bits per heavy atom. The van der Waals surface area contributed by atoms with E-state index in [0.717, 1.165) is 30.1 Å². The quantitative estimate of drug-likeness (QED) is 0.898. The van der Waals surface area contributed by atoms with Gasteiger partial charge in [-0.15, -0.1) is 0 Å². The van der Waals surface area contributed by atoms with Gasteiger partial charge in [-0.25, -0.2) is 0 Å². The van der Waals surface area contributed by atoms with Gasteiger partial charge in [-0.2, -0.15) is 0 Å². The molecule has 0 aromatic heterocycles. The van der Waals surface area contributed by atoms with Crippen LogP contribution >= 0.6 is 0 Å². The molecule has 3 saturated carbocycles. The smallest absolute Gasteiger partial charge is 0.0614 e. The zero-order valence-electron chi connectivity index (χ0n) is 12.3. The van der Waals surface area contributed by atoms with E-state index in [0.29, 0.717) is 5.92 Å². The Morgan fingerprint density at radius 2 is 1.67 bits per heavy atom. The molecule has 5 rings (SSSR count). The molecule has 1 N–H and O–H groups in total. The van der Waals surface area contributed by atoms with Gasteiger partial charge in [0, 0.05) is 0 Å². The molecule has 0 heterocycles. The average Bonchev–Trinajstić information content (AvgIpc) is 2.96. The molecule has 5 atom stereocenters. The Hall–Kier alpha value is -1.34. The maximum atomic E-state index is 10.7. The highest BCUT2D eigenvalue weighted by Crippen LogP contribution is 2.70. The zero-order valence-corrected chi connectivity index (χ0v) is 12.3. The maximum absolute atomic E-state index is 10.7. The molecule has 3 aliphatic carbocycles. The summed E-state index contributed by atoms with van der Waals surface area (Å²) >= 11 is 0. The van der Waals surface area contributed by atoms with Crippen molar-refractivity contribution in [3.63, 3.8) is 0 Å². The average molecular weight is 278 g/mol. The molecule has 21 heavy (non-hydrogen) atoms. The van der Waals surface area contributed by atoms with Crippen LogP contribution in [-0.2, 0) is 6.42 Å². The first-order chi connectivity index (χ1) is 10.3. The Labute approximate surface area is 126 Å². The summed E-state index contributed by atoms with van der Waals surface area (Å²) in [4.78, 5) is 0. The van der Waals surface area contributed by atoms with E-state index in [4.69, 9.17) is 0 Å². The van der Waals surface area contributed by atoms with Crippen molar-refractivity contribution in [1.29, 1.82) is 0 Å². The molecule has 3 aliphatic rings. The fraction of sp³-hybridized carbons (Fsp3) is 0.500. The van der Waals surface area contributed by atoms with Crippen molar-refractivity contribution in [2.45, 2.75) is 31.8 Å². The van der Waals surface area contributed by atoms with Gasteiger partial charge in [-0.3, -0.25) is 0 Å². The highest BCUT2D eigenvalue weighted by molar-refractivity contribution is 5.82. The van der Waals surface area contributed by atoms with E-state index in [1.807, 2.05) is 0 Å². The van der Waals surface area contributed by atoms with Crippen LogP contribution in [0.4, 0.5) is 0 Å². The molecule has 0 amide bonds. The Kier molecular flexibility index (Phi) is 2.52. The van der Waals surface area contributed by atoms with Crippen LogP contribution in [0.15, 0.2) is 42.5 Å². The third-order valence-corrected chi connectivity index (χ3v) is 6.50. The van der Waals surface area contributed by atoms with Crippen LogP contribution in [0, 0.1) is 29.6 Å². The largest absolute Gasteiger partial charge is 0.392 e. The predicted octanol–water partition coefficient (Wildman–Crippen LogP) is 4.04. The number of aliphatic hydroxyl groups is 1. The summed E-state index contributed by atoms with van der Waals surface area (Å²) in [5, 5.41) is 13.3. The van der Waals surface area contributed by atoms with E-state index < -0.39 is 0 Å². The highest BCUT2D eigenvalue weighted by Gasteiger charge is 2.66. The molecule has 5 unspecified atom stereocenters. The molecule has 1 nitrogen and oxygen atoms in total. The maximum Gasteiger partial charge on any atom is 0.0614 e. The van der Waals surface area contributed by atoms with E-state index in [9.17, 15) is 5.11 Å². The van der Waals surface area contributed by atoms with Crippen molar-refractivity contribution < 1.29 is 5.11 Å². The van der Waals surface area contributed by atoms with E-state index in [2.05, 4.69) is 42.5 Å². The Bertz CT molecular complexity index is 675. The van der Waals surface area contributed by atoms with E-state index >= 15 is 0 Å². The van der Waals surface area contributed by atoms with Crippen molar-refractivity contribution in [3.8, 4) is 0 Å². The van der Waals surface area contributed by atoms with Gasteiger partial charge in [-0.1, -0.05) is 42.5 Å². The summed E-state index contributed by atoms with van der Waals surface area (Å²) in [6.07, 6.45) is 5.05. The number of benzene rings is 2. The summed E-state index contributed by atoms with van der Waals surface area (Å²) in [6.45, 7) is 0. The summed E-state index contributed by atoms with van der Waals surface area (Å²) in [5.41, 5.74) is 1.29. The predicted molar refractivity (Wildman–Crippen MR) is 85.0 cm³/mol. The van der Waals surface area contributed by atoms with Crippen LogP contribution in [0.1, 0.15) is 24.8 Å². The van der Waals surface area contributed by atoms with E-state index in [1.54, 1.807) is 0 Å². The summed E-state index contributed by atoms with van der Waals surface area (Å²) in [5.74, 6) is 4.27. The van der Waals surface area contributed by atoms with Crippen LogP contribution < -0.4 is 0 Å². The van der Waals surface area contributed by atoms with Crippen LogP contribution in [0.2, 0.25) is 0 Å². The van der Waals surface area contributed by atoms with Gasteiger partial charge in [0.2, 0.25) is 0 Å². The summed E-state index contributed by atoms with van der Waals surface area (Å²) in [6, 6.07) is 15.1. The van der Waals surface area contributed by atoms with E-state index in [-0.39, 0.29) is 6.10 Å². The molecule has 0 spiro atoms. The minimum Gasteiger partial charge on any atom is -0.392 e.